The number of nitrogens with one attached hydrogen (secondary N) is 6. The largest absolute Gasteiger partial charge is 0.378 e. The van der Waals surface area contributed by atoms with Crippen molar-refractivity contribution in [2.24, 2.45) is 0 Å². The highest BCUT2D eigenvalue weighted by Crippen LogP contribution is 2.27. The summed E-state index contributed by atoms with van der Waals surface area (Å²) in [6.45, 7) is 6.37. The zero-order chi connectivity index (χ0) is 55.6. The van der Waals surface area contributed by atoms with Crippen molar-refractivity contribution < 1.29 is 38.3 Å². The molecule has 0 aliphatic carbocycles. The van der Waals surface area contributed by atoms with E-state index in [-0.39, 0.29) is 48.1 Å². The number of halogens is 3. The van der Waals surface area contributed by atoms with Gasteiger partial charge >= 0.3 is 18.1 Å². The fourth-order valence-corrected chi connectivity index (χ4v) is 10.2. The number of likely N-dealkylation sites (tertiary alicyclic amines) is 1. The number of aromatic amines is 3. The van der Waals surface area contributed by atoms with Gasteiger partial charge in [-0.05, 0) is 73.9 Å². The lowest BCUT2D eigenvalue weighted by molar-refractivity contribution is -0.0761. The maximum absolute atomic E-state index is 12.8. The number of piperidine rings is 1. The van der Waals surface area contributed by atoms with Crippen LogP contribution in [0.25, 0.3) is 0 Å². The second kappa shape index (κ2) is 25.8. The molecule has 6 N–H and O–H groups in total. The highest BCUT2D eigenvalue weighted by Gasteiger charge is 2.33. The van der Waals surface area contributed by atoms with Crippen LogP contribution >= 0.6 is 34.8 Å². The Morgan fingerprint density at radius 2 is 0.886 bits per heavy atom. The molecule has 2 fully saturated rings. The minimum Gasteiger partial charge on any atom is -0.378 e. The molecule has 79 heavy (non-hydrogen) atoms. The molecule has 3 aromatic heterocycles. The Hall–Kier alpha value is -7.70. The average Bonchev–Trinajstić information content (AvgIpc) is 4.23. The normalized spacial score (nSPS) is 15.7. The van der Waals surface area contributed by atoms with E-state index >= 15 is 0 Å². The molecular formula is C53H60Cl3N15O8. The van der Waals surface area contributed by atoms with Crippen LogP contribution in [0.2, 0.25) is 15.1 Å². The maximum atomic E-state index is 12.8. The molecule has 11 rings (SSSR count). The highest BCUT2D eigenvalue weighted by atomic mass is 35.5. The van der Waals surface area contributed by atoms with E-state index < -0.39 is 0 Å². The summed E-state index contributed by atoms with van der Waals surface area (Å²) in [6, 6.07) is 20.3. The van der Waals surface area contributed by atoms with Crippen molar-refractivity contribution in [2.75, 3.05) is 89.1 Å². The first kappa shape index (κ1) is 56.0. The summed E-state index contributed by atoms with van der Waals surface area (Å²) in [5.41, 5.74) is 8.06. The van der Waals surface area contributed by atoms with Crippen molar-refractivity contribution >= 4 is 87.7 Å². The van der Waals surface area contributed by atoms with Crippen LogP contribution in [-0.2, 0) is 48.5 Å². The van der Waals surface area contributed by atoms with Gasteiger partial charge in [-0.15, -0.1) is 0 Å². The minimum atomic E-state index is -0.364. The van der Waals surface area contributed by atoms with E-state index in [1.54, 1.807) is 92.4 Å². The van der Waals surface area contributed by atoms with Gasteiger partial charge in [0.25, 0.3) is 17.7 Å². The number of rotatable bonds is 7. The van der Waals surface area contributed by atoms with Crippen LogP contribution in [0.1, 0.15) is 84.5 Å². The molecule has 6 aromatic rings. The van der Waals surface area contributed by atoms with Crippen molar-refractivity contribution in [2.45, 2.75) is 58.2 Å². The number of hydrogen-bond acceptors (Lipinski definition) is 11. The molecule has 23 nitrogen and oxygen atoms in total. The van der Waals surface area contributed by atoms with E-state index in [9.17, 15) is 28.8 Å². The lowest BCUT2D eigenvalue weighted by atomic mass is 10.0. The van der Waals surface area contributed by atoms with E-state index in [1.807, 2.05) is 4.90 Å². The molecule has 26 heteroatoms. The number of ether oxygens (including phenoxy) is 1. The zero-order valence-electron chi connectivity index (χ0n) is 43.6. The lowest BCUT2D eigenvalue weighted by Gasteiger charge is -2.29. The third-order valence-electron chi connectivity index (χ3n) is 14.0. The third kappa shape index (κ3) is 13.8. The first-order valence-corrected chi connectivity index (χ1v) is 27.0. The molecule has 9 amide bonds. The fraction of sp³-hybridized carbons (Fsp3) is 0.377. The average molecular weight is 1140 g/mol. The van der Waals surface area contributed by atoms with Crippen LogP contribution in [0.4, 0.5) is 31.4 Å². The van der Waals surface area contributed by atoms with Crippen LogP contribution in [0.15, 0.2) is 72.8 Å². The molecule has 5 aliphatic heterocycles. The summed E-state index contributed by atoms with van der Waals surface area (Å²) in [7, 11) is 2.91. The van der Waals surface area contributed by atoms with Gasteiger partial charge in [-0.25, -0.2) is 19.4 Å². The van der Waals surface area contributed by atoms with Gasteiger partial charge in [0.1, 0.15) is 0 Å². The number of morpholine rings is 1. The van der Waals surface area contributed by atoms with E-state index in [0.717, 1.165) is 59.2 Å². The van der Waals surface area contributed by atoms with Crippen LogP contribution < -0.4 is 16.0 Å². The van der Waals surface area contributed by atoms with Crippen LogP contribution in [-0.4, -0.2) is 169 Å². The number of hydrogen-bond donors (Lipinski definition) is 6. The second-order valence-electron chi connectivity index (χ2n) is 19.2. The Morgan fingerprint density at radius 1 is 0.519 bits per heavy atom. The van der Waals surface area contributed by atoms with Crippen molar-refractivity contribution in [1.29, 1.82) is 0 Å². The lowest BCUT2D eigenvalue weighted by Crippen LogP contribution is -2.42. The van der Waals surface area contributed by atoms with E-state index in [4.69, 9.17) is 44.4 Å². The monoisotopic (exact) mass is 1140 g/mol. The number of anilines is 3. The summed E-state index contributed by atoms with van der Waals surface area (Å²) in [6.07, 6.45) is 5.11. The predicted molar refractivity (Wildman–Crippen MR) is 295 cm³/mol. The van der Waals surface area contributed by atoms with Gasteiger partial charge in [-0.1, -0.05) is 53.0 Å². The van der Waals surface area contributed by atoms with Gasteiger partial charge in [0.05, 0.1) is 40.0 Å². The Balaban J connectivity index is 0.000000144. The van der Waals surface area contributed by atoms with Crippen LogP contribution in [0.3, 0.4) is 0 Å². The number of carbonyl (C=O) groups excluding carboxylic acids is 6. The van der Waals surface area contributed by atoms with Gasteiger partial charge in [0.15, 0.2) is 17.1 Å². The molecule has 0 spiro atoms. The van der Waals surface area contributed by atoms with E-state index in [2.05, 4.69) is 46.5 Å². The van der Waals surface area contributed by atoms with Crippen molar-refractivity contribution in [1.82, 2.24) is 60.2 Å². The number of benzene rings is 3. The first-order chi connectivity index (χ1) is 38.2. The molecule has 2 saturated heterocycles. The molecule has 5 aliphatic rings. The predicted octanol–water partition coefficient (Wildman–Crippen LogP) is 7.69. The number of aromatic nitrogens is 6. The number of carbonyl (C=O) groups is 6. The van der Waals surface area contributed by atoms with E-state index in [0.29, 0.717) is 127 Å². The molecular weight excluding hydrogens is 1080 g/mol. The summed E-state index contributed by atoms with van der Waals surface area (Å²) >= 11 is 17.9. The zero-order valence-corrected chi connectivity index (χ0v) is 45.8. The van der Waals surface area contributed by atoms with Gasteiger partial charge in [-0.2, -0.15) is 15.3 Å². The standard InChI is InChI=1S/C19H22ClN5O2.C18H20ClN5O3.C16H18ClN5O3/c20-13-5-4-6-14(11-13)21-19(27)25-10-7-16-15(12-25)17(23-22-16)18(26)24-8-2-1-3-9-24;19-12-2-1-3-13(10-12)20-18(26)24-5-4-15-14(11-24)16(22-21-15)17(25)23-6-8-27-9-7-23;1-21(25-2)15(23)14-12-9-22(7-6-13(12)19-20-14)16(24)18-11-5-3-4-10(17)8-11/h4-6,11H,1-3,7-10,12H2,(H,21,27)(H,22,23);1-3,10H,4-9,11H2,(H,20,26)(H,21,22);3-5,8H,6-7,9H2,1-2H3,(H,18,24)(H,19,20). The number of nitrogens with zero attached hydrogens (tertiary/aromatic N) is 9. The SMILES string of the molecule is CON(C)C(=O)c1n[nH]c2c1CN(C(=O)Nc1cccc(Cl)c1)CC2.O=C(Nc1cccc(Cl)c1)N1CCc2[nH]nc(C(=O)N3CCCCC3)c2C1.O=C(Nc1cccc(Cl)c1)N1CCc2[nH]nc(C(=O)N3CCOCC3)c2C1. The van der Waals surface area contributed by atoms with Crippen molar-refractivity contribution in [3.05, 3.63) is 139 Å². The Kier molecular flexibility index (Phi) is 18.3. The van der Waals surface area contributed by atoms with E-state index in [1.165, 1.54) is 20.6 Å². The number of urea groups is 3. The highest BCUT2D eigenvalue weighted by molar-refractivity contribution is 6.31. The Labute approximate surface area is 470 Å². The summed E-state index contributed by atoms with van der Waals surface area (Å²) in [4.78, 5) is 89.2. The van der Waals surface area contributed by atoms with Crippen molar-refractivity contribution in [3.8, 4) is 0 Å². The van der Waals surface area contributed by atoms with Gasteiger partial charge < -0.3 is 45.2 Å². The summed E-state index contributed by atoms with van der Waals surface area (Å²) in [5.74, 6) is -0.519. The van der Waals surface area contributed by atoms with Crippen LogP contribution in [0.5, 0.6) is 0 Å². The second-order valence-corrected chi connectivity index (χ2v) is 20.5. The number of hydroxylamine groups is 2. The smallest absolute Gasteiger partial charge is 0.322 e. The molecule has 0 atom stereocenters. The molecule has 0 saturated carbocycles. The molecule has 0 bridgehead atoms. The fourth-order valence-electron chi connectivity index (χ4n) is 9.64. The first-order valence-electron chi connectivity index (χ1n) is 25.8. The summed E-state index contributed by atoms with van der Waals surface area (Å²) < 4.78 is 5.30. The van der Waals surface area contributed by atoms with Gasteiger partial charge in [0, 0.05) is 138 Å². The van der Waals surface area contributed by atoms with Crippen molar-refractivity contribution in [3.63, 3.8) is 0 Å². The topological polar surface area (TPSA) is 262 Å². The molecule has 0 radical (unpaired) electrons. The number of fused-ring (bicyclic) bond motifs is 3. The van der Waals surface area contributed by atoms with Gasteiger partial charge in [-0.3, -0.25) is 34.5 Å². The minimum absolute atomic E-state index is 0.0377. The quantitative estimate of drug-likeness (QED) is 0.0844. The number of amides is 9. The summed E-state index contributed by atoms with van der Waals surface area (Å²) in [5, 5.41) is 32.7. The van der Waals surface area contributed by atoms with Gasteiger partial charge in [0.2, 0.25) is 0 Å². The maximum Gasteiger partial charge on any atom is 0.322 e. The molecule has 416 valence electrons. The van der Waals surface area contributed by atoms with Crippen LogP contribution in [0, 0.1) is 0 Å². The molecule has 3 aromatic carbocycles. The Morgan fingerprint density at radius 3 is 1.27 bits per heavy atom. The molecule has 8 heterocycles. The molecule has 0 unspecified atom stereocenters. The third-order valence-corrected chi connectivity index (χ3v) is 14.7. The number of H-pyrrole nitrogens is 3. The Bertz CT molecular complexity index is 3050.